The third-order valence-corrected chi connectivity index (χ3v) is 4.02. The Balaban J connectivity index is 2.07. The number of rotatable bonds is 5. The maximum atomic E-state index is 4.48. The van der Waals surface area contributed by atoms with Gasteiger partial charge in [-0.15, -0.1) is 0 Å². The van der Waals surface area contributed by atoms with Crippen molar-refractivity contribution in [2.45, 2.75) is 70.9 Å². The maximum absolute atomic E-state index is 4.48. The Morgan fingerprint density at radius 3 is 2.94 bits per heavy atom. The van der Waals surface area contributed by atoms with Crippen molar-refractivity contribution in [2.75, 3.05) is 6.54 Å². The molecular formula is C15H27N3. The van der Waals surface area contributed by atoms with Crippen LogP contribution in [0.4, 0.5) is 0 Å². The highest BCUT2D eigenvalue weighted by Gasteiger charge is 2.23. The van der Waals surface area contributed by atoms with Crippen molar-refractivity contribution in [3.05, 3.63) is 18.0 Å². The van der Waals surface area contributed by atoms with Gasteiger partial charge in [-0.25, -0.2) is 0 Å². The van der Waals surface area contributed by atoms with Gasteiger partial charge < -0.3 is 5.32 Å². The molecule has 1 aliphatic carbocycles. The van der Waals surface area contributed by atoms with Gasteiger partial charge in [-0.2, -0.15) is 5.10 Å². The number of nitrogens with zero attached hydrogens (tertiary/aromatic N) is 2. The SMILES string of the molecule is CCCn1nccc1C1CCCCC(NCC)C1. The topological polar surface area (TPSA) is 29.9 Å². The molecule has 102 valence electrons. The summed E-state index contributed by atoms with van der Waals surface area (Å²) in [6.07, 6.45) is 9.82. The Hall–Kier alpha value is -0.830. The summed E-state index contributed by atoms with van der Waals surface area (Å²) in [5.74, 6) is 0.700. The monoisotopic (exact) mass is 249 g/mol. The van der Waals surface area contributed by atoms with Gasteiger partial charge in [0.25, 0.3) is 0 Å². The van der Waals surface area contributed by atoms with Gasteiger partial charge in [-0.05, 0) is 38.3 Å². The number of aryl methyl sites for hydroxylation is 1. The van der Waals surface area contributed by atoms with Crippen molar-refractivity contribution >= 4 is 0 Å². The van der Waals surface area contributed by atoms with E-state index in [1.807, 2.05) is 6.20 Å². The van der Waals surface area contributed by atoms with Crippen molar-refractivity contribution in [3.63, 3.8) is 0 Å². The average molecular weight is 249 g/mol. The van der Waals surface area contributed by atoms with E-state index in [0.29, 0.717) is 12.0 Å². The molecule has 3 heteroatoms. The first kappa shape index (κ1) is 13.6. The van der Waals surface area contributed by atoms with Crippen LogP contribution in [0.3, 0.4) is 0 Å². The lowest BCUT2D eigenvalue weighted by molar-refractivity contribution is 0.430. The van der Waals surface area contributed by atoms with Gasteiger partial charge in [-0.3, -0.25) is 4.68 Å². The zero-order valence-electron chi connectivity index (χ0n) is 11.9. The molecule has 0 bridgehead atoms. The van der Waals surface area contributed by atoms with Crippen LogP contribution in [-0.4, -0.2) is 22.4 Å². The molecule has 1 N–H and O–H groups in total. The molecule has 1 fully saturated rings. The molecule has 18 heavy (non-hydrogen) atoms. The zero-order chi connectivity index (χ0) is 12.8. The van der Waals surface area contributed by atoms with Gasteiger partial charge in [0, 0.05) is 30.4 Å². The highest BCUT2D eigenvalue weighted by Crippen LogP contribution is 2.31. The second-order valence-electron chi connectivity index (χ2n) is 5.45. The Bertz CT molecular complexity index is 345. The number of aromatic nitrogens is 2. The normalized spacial score (nSPS) is 25.0. The van der Waals surface area contributed by atoms with Crippen LogP contribution in [0.15, 0.2) is 12.3 Å². The van der Waals surface area contributed by atoms with E-state index in [-0.39, 0.29) is 0 Å². The standard InChI is InChI=1S/C15H27N3/c1-3-11-18-15(9-10-17-18)13-7-5-6-8-14(12-13)16-4-2/h9-10,13-14,16H,3-8,11-12H2,1-2H3. The molecule has 1 aromatic heterocycles. The fraction of sp³-hybridized carbons (Fsp3) is 0.800. The summed E-state index contributed by atoms with van der Waals surface area (Å²) in [5.41, 5.74) is 1.46. The number of hydrogen-bond acceptors (Lipinski definition) is 2. The van der Waals surface area contributed by atoms with Crippen LogP contribution in [0, 0.1) is 0 Å². The predicted molar refractivity (Wildman–Crippen MR) is 75.8 cm³/mol. The van der Waals surface area contributed by atoms with E-state index < -0.39 is 0 Å². The molecule has 0 aromatic carbocycles. The molecule has 1 heterocycles. The van der Waals surface area contributed by atoms with Crippen LogP contribution < -0.4 is 5.32 Å². The van der Waals surface area contributed by atoms with Crippen LogP contribution in [0.25, 0.3) is 0 Å². The minimum absolute atomic E-state index is 0.700. The van der Waals surface area contributed by atoms with E-state index in [4.69, 9.17) is 0 Å². The Morgan fingerprint density at radius 2 is 2.17 bits per heavy atom. The first-order valence-electron chi connectivity index (χ1n) is 7.60. The van der Waals surface area contributed by atoms with E-state index >= 15 is 0 Å². The smallest absolute Gasteiger partial charge is 0.0492 e. The Labute approximate surface area is 111 Å². The van der Waals surface area contributed by atoms with Gasteiger partial charge in [0.15, 0.2) is 0 Å². The Kier molecular flexibility index (Phi) is 5.24. The van der Waals surface area contributed by atoms with E-state index in [2.05, 4.69) is 35.0 Å². The van der Waals surface area contributed by atoms with Gasteiger partial charge in [0.2, 0.25) is 0 Å². The fourth-order valence-electron chi connectivity index (χ4n) is 3.19. The average Bonchev–Trinajstić information content (AvgIpc) is 2.69. The molecule has 3 nitrogen and oxygen atoms in total. The molecule has 0 amide bonds. The van der Waals surface area contributed by atoms with Crippen molar-refractivity contribution in [2.24, 2.45) is 0 Å². The molecular weight excluding hydrogens is 222 g/mol. The summed E-state index contributed by atoms with van der Waals surface area (Å²) >= 11 is 0. The first-order valence-corrected chi connectivity index (χ1v) is 7.60. The van der Waals surface area contributed by atoms with Crippen LogP contribution in [-0.2, 0) is 6.54 Å². The summed E-state index contributed by atoms with van der Waals surface area (Å²) in [6.45, 7) is 6.58. The molecule has 1 aliphatic rings. The fourth-order valence-corrected chi connectivity index (χ4v) is 3.19. The van der Waals surface area contributed by atoms with Gasteiger partial charge in [0.1, 0.15) is 0 Å². The minimum Gasteiger partial charge on any atom is -0.314 e. The van der Waals surface area contributed by atoms with E-state index in [1.54, 1.807) is 0 Å². The maximum Gasteiger partial charge on any atom is 0.0492 e. The second-order valence-corrected chi connectivity index (χ2v) is 5.45. The molecule has 2 atom stereocenters. The van der Waals surface area contributed by atoms with E-state index in [9.17, 15) is 0 Å². The molecule has 0 radical (unpaired) electrons. The predicted octanol–water partition coefficient (Wildman–Crippen LogP) is 3.32. The molecule has 1 saturated carbocycles. The summed E-state index contributed by atoms with van der Waals surface area (Å²) in [5, 5.41) is 8.12. The quantitative estimate of drug-likeness (QED) is 0.811. The molecule has 0 aliphatic heterocycles. The third-order valence-electron chi connectivity index (χ3n) is 4.02. The van der Waals surface area contributed by atoms with Crippen molar-refractivity contribution in [1.29, 1.82) is 0 Å². The summed E-state index contributed by atoms with van der Waals surface area (Å²) < 4.78 is 2.22. The molecule has 2 unspecified atom stereocenters. The lowest BCUT2D eigenvalue weighted by Gasteiger charge is -2.21. The first-order chi connectivity index (χ1) is 8.85. The molecule has 2 rings (SSSR count). The third kappa shape index (κ3) is 3.35. The van der Waals surface area contributed by atoms with Crippen molar-refractivity contribution in [1.82, 2.24) is 15.1 Å². The second kappa shape index (κ2) is 6.93. The lowest BCUT2D eigenvalue weighted by Crippen LogP contribution is -2.29. The van der Waals surface area contributed by atoms with Gasteiger partial charge in [0.05, 0.1) is 0 Å². The molecule has 0 spiro atoms. The van der Waals surface area contributed by atoms with Gasteiger partial charge in [-0.1, -0.05) is 26.7 Å². The van der Waals surface area contributed by atoms with Crippen LogP contribution in [0.1, 0.15) is 64.0 Å². The highest BCUT2D eigenvalue weighted by molar-refractivity contribution is 5.09. The van der Waals surface area contributed by atoms with Crippen LogP contribution in [0.2, 0.25) is 0 Å². The molecule has 1 aromatic rings. The Morgan fingerprint density at radius 1 is 1.33 bits per heavy atom. The number of hydrogen-bond donors (Lipinski definition) is 1. The largest absolute Gasteiger partial charge is 0.314 e. The van der Waals surface area contributed by atoms with Gasteiger partial charge >= 0.3 is 0 Å². The summed E-state index contributed by atoms with van der Waals surface area (Å²) in [7, 11) is 0. The molecule has 0 saturated heterocycles. The van der Waals surface area contributed by atoms with E-state index in [0.717, 1.165) is 19.5 Å². The van der Waals surface area contributed by atoms with Crippen LogP contribution >= 0.6 is 0 Å². The highest BCUT2D eigenvalue weighted by atomic mass is 15.3. The van der Waals surface area contributed by atoms with Crippen molar-refractivity contribution < 1.29 is 0 Å². The van der Waals surface area contributed by atoms with E-state index in [1.165, 1.54) is 37.8 Å². The summed E-state index contributed by atoms with van der Waals surface area (Å²) in [6, 6.07) is 2.93. The summed E-state index contributed by atoms with van der Waals surface area (Å²) in [4.78, 5) is 0. The number of nitrogens with one attached hydrogen (secondary N) is 1. The lowest BCUT2D eigenvalue weighted by atomic mass is 9.94. The zero-order valence-corrected chi connectivity index (χ0v) is 11.9. The minimum atomic E-state index is 0.700. The van der Waals surface area contributed by atoms with Crippen LogP contribution in [0.5, 0.6) is 0 Å². The van der Waals surface area contributed by atoms with Crippen molar-refractivity contribution in [3.8, 4) is 0 Å².